The second kappa shape index (κ2) is 6.34. The quantitative estimate of drug-likeness (QED) is 0.905. The Hall–Kier alpha value is -2.44. The average Bonchev–Trinajstić information content (AvgIpc) is 3.02. The van der Waals surface area contributed by atoms with Gasteiger partial charge in [-0.15, -0.1) is 0 Å². The molecule has 0 spiro atoms. The van der Waals surface area contributed by atoms with E-state index in [2.05, 4.69) is 25.6 Å². The molecule has 2 aromatic rings. The van der Waals surface area contributed by atoms with Gasteiger partial charge in [0.15, 0.2) is 0 Å². The number of nitrogens with one attached hydrogen (secondary N) is 2. The van der Waals surface area contributed by atoms with Crippen molar-refractivity contribution in [1.29, 1.82) is 0 Å². The van der Waals surface area contributed by atoms with Crippen molar-refractivity contribution in [3.8, 4) is 5.82 Å². The standard InChI is InChI=1S/C14H18N6O/c21-14(18-11-4-2-1-3-5-11)19-12-8-13(17-9-16-12)20-7-6-15-10-20/h6-11H,1-5H2,(H2,16,17,18,19,21). The molecule has 1 aliphatic rings. The number of hydrogen-bond acceptors (Lipinski definition) is 4. The number of aromatic nitrogens is 4. The van der Waals surface area contributed by atoms with Crippen LogP contribution in [0.3, 0.4) is 0 Å². The van der Waals surface area contributed by atoms with Crippen LogP contribution in [-0.2, 0) is 0 Å². The predicted molar refractivity (Wildman–Crippen MR) is 78.2 cm³/mol. The van der Waals surface area contributed by atoms with Crippen LogP contribution >= 0.6 is 0 Å². The molecule has 0 bridgehead atoms. The van der Waals surface area contributed by atoms with E-state index in [1.807, 2.05) is 0 Å². The van der Waals surface area contributed by atoms with Gasteiger partial charge in [-0.1, -0.05) is 19.3 Å². The highest BCUT2D eigenvalue weighted by Gasteiger charge is 2.15. The molecule has 7 nitrogen and oxygen atoms in total. The van der Waals surface area contributed by atoms with Crippen molar-refractivity contribution in [3.63, 3.8) is 0 Å². The number of carbonyl (C=O) groups excluding carboxylic acids is 1. The van der Waals surface area contributed by atoms with E-state index in [1.165, 1.54) is 25.6 Å². The predicted octanol–water partition coefficient (Wildman–Crippen LogP) is 2.12. The smallest absolute Gasteiger partial charge is 0.320 e. The number of amides is 2. The van der Waals surface area contributed by atoms with Crippen molar-refractivity contribution in [2.24, 2.45) is 0 Å². The number of imidazole rings is 1. The largest absolute Gasteiger partial charge is 0.335 e. The third-order valence-corrected chi connectivity index (χ3v) is 3.60. The minimum absolute atomic E-state index is 0.211. The zero-order valence-corrected chi connectivity index (χ0v) is 11.7. The van der Waals surface area contributed by atoms with E-state index in [9.17, 15) is 4.79 Å². The maximum absolute atomic E-state index is 12.0. The fourth-order valence-corrected chi connectivity index (χ4v) is 2.54. The van der Waals surface area contributed by atoms with Crippen LogP contribution in [0.1, 0.15) is 32.1 Å². The number of carbonyl (C=O) groups is 1. The Balaban J connectivity index is 1.62. The van der Waals surface area contributed by atoms with Crippen LogP contribution in [0, 0.1) is 0 Å². The Bertz CT molecular complexity index is 591. The molecule has 3 rings (SSSR count). The van der Waals surface area contributed by atoms with E-state index >= 15 is 0 Å². The van der Waals surface area contributed by atoms with Gasteiger partial charge in [0, 0.05) is 24.5 Å². The van der Waals surface area contributed by atoms with E-state index in [0.717, 1.165) is 12.8 Å². The number of hydrogen-bond donors (Lipinski definition) is 2. The van der Waals surface area contributed by atoms with E-state index in [0.29, 0.717) is 11.6 Å². The first-order chi connectivity index (χ1) is 10.3. The number of nitrogens with zero attached hydrogens (tertiary/aromatic N) is 4. The van der Waals surface area contributed by atoms with Crippen LogP contribution < -0.4 is 10.6 Å². The van der Waals surface area contributed by atoms with Crippen LogP contribution in [0.4, 0.5) is 10.6 Å². The van der Waals surface area contributed by atoms with Crippen LogP contribution in [0.5, 0.6) is 0 Å². The molecule has 2 amide bonds. The summed E-state index contributed by atoms with van der Waals surface area (Å²) in [4.78, 5) is 24.2. The minimum Gasteiger partial charge on any atom is -0.335 e. The summed E-state index contributed by atoms with van der Waals surface area (Å²) in [5, 5.41) is 5.75. The highest BCUT2D eigenvalue weighted by atomic mass is 16.2. The summed E-state index contributed by atoms with van der Waals surface area (Å²) in [6, 6.07) is 1.77. The number of rotatable bonds is 3. The van der Waals surface area contributed by atoms with Crippen molar-refractivity contribution in [2.45, 2.75) is 38.1 Å². The molecule has 0 aliphatic heterocycles. The monoisotopic (exact) mass is 286 g/mol. The summed E-state index contributed by atoms with van der Waals surface area (Å²) in [7, 11) is 0. The Morgan fingerprint density at radius 2 is 2.10 bits per heavy atom. The first kappa shape index (κ1) is 13.5. The summed E-state index contributed by atoms with van der Waals surface area (Å²) in [5.74, 6) is 1.14. The number of anilines is 1. The third-order valence-electron chi connectivity index (χ3n) is 3.60. The SMILES string of the molecule is O=C(Nc1cc(-n2ccnc2)ncn1)NC1CCCCC1. The van der Waals surface area contributed by atoms with Crippen molar-refractivity contribution in [2.75, 3.05) is 5.32 Å². The van der Waals surface area contributed by atoms with Gasteiger partial charge in [0.1, 0.15) is 24.3 Å². The van der Waals surface area contributed by atoms with Gasteiger partial charge in [-0.25, -0.2) is 19.7 Å². The van der Waals surface area contributed by atoms with E-state index in [4.69, 9.17) is 0 Å². The lowest BCUT2D eigenvalue weighted by Crippen LogP contribution is -2.39. The average molecular weight is 286 g/mol. The molecule has 2 N–H and O–H groups in total. The van der Waals surface area contributed by atoms with Crippen LogP contribution in [0.2, 0.25) is 0 Å². The van der Waals surface area contributed by atoms with E-state index in [1.54, 1.807) is 29.4 Å². The van der Waals surface area contributed by atoms with Crippen molar-refractivity contribution in [1.82, 2.24) is 24.8 Å². The van der Waals surface area contributed by atoms with Crippen molar-refractivity contribution < 1.29 is 4.79 Å². The number of urea groups is 1. The molecule has 0 atom stereocenters. The molecule has 1 aliphatic carbocycles. The van der Waals surface area contributed by atoms with Gasteiger partial charge in [-0.2, -0.15) is 0 Å². The van der Waals surface area contributed by atoms with Gasteiger partial charge in [-0.3, -0.25) is 9.88 Å². The molecule has 0 aromatic carbocycles. The lowest BCUT2D eigenvalue weighted by molar-refractivity contribution is 0.244. The summed E-state index contributed by atoms with van der Waals surface area (Å²) in [5.41, 5.74) is 0. The second-order valence-electron chi connectivity index (χ2n) is 5.16. The molecule has 1 fully saturated rings. The lowest BCUT2D eigenvalue weighted by Gasteiger charge is -2.22. The second-order valence-corrected chi connectivity index (χ2v) is 5.16. The maximum atomic E-state index is 12.0. The Kier molecular flexibility index (Phi) is 4.09. The molecule has 110 valence electrons. The Morgan fingerprint density at radius 1 is 1.24 bits per heavy atom. The fraction of sp³-hybridized carbons (Fsp3) is 0.429. The zero-order chi connectivity index (χ0) is 14.5. The van der Waals surface area contributed by atoms with Gasteiger partial charge in [0.05, 0.1) is 0 Å². The minimum atomic E-state index is -0.211. The molecule has 2 aromatic heterocycles. The van der Waals surface area contributed by atoms with Crippen molar-refractivity contribution in [3.05, 3.63) is 31.1 Å². The summed E-state index contributed by atoms with van der Waals surface area (Å²) in [6.07, 6.45) is 12.3. The normalized spacial score (nSPS) is 15.6. The first-order valence-corrected chi connectivity index (χ1v) is 7.19. The Morgan fingerprint density at radius 3 is 2.86 bits per heavy atom. The molecule has 21 heavy (non-hydrogen) atoms. The third kappa shape index (κ3) is 3.56. The van der Waals surface area contributed by atoms with Gasteiger partial charge < -0.3 is 5.32 Å². The molecule has 7 heteroatoms. The van der Waals surface area contributed by atoms with E-state index in [-0.39, 0.29) is 12.1 Å². The van der Waals surface area contributed by atoms with Gasteiger partial charge in [0.2, 0.25) is 0 Å². The molecule has 1 saturated carbocycles. The maximum Gasteiger partial charge on any atom is 0.320 e. The van der Waals surface area contributed by atoms with Gasteiger partial charge in [-0.05, 0) is 12.8 Å². The molecule has 0 unspecified atom stereocenters. The van der Waals surface area contributed by atoms with Crippen LogP contribution in [-0.4, -0.2) is 31.6 Å². The molecular weight excluding hydrogens is 268 g/mol. The summed E-state index contributed by atoms with van der Waals surface area (Å²) >= 11 is 0. The van der Waals surface area contributed by atoms with E-state index < -0.39 is 0 Å². The first-order valence-electron chi connectivity index (χ1n) is 7.19. The molecule has 0 radical (unpaired) electrons. The summed E-state index contributed by atoms with van der Waals surface area (Å²) in [6.45, 7) is 0. The van der Waals surface area contributed by atoms with Gasteiger partial charge in [0.25, 0.3) is 0 Å². The highest BCUT2D eigenvalue weighted by molar-refractivity contribution is 5.88. The lowest BCUT2D eigenvalue weighted by atomic mass is 9.96. The van der Waals surface area contributed by atoms with Gasteiger partial charge >= 0.3 is 6.03 Å². The zero-order valence-electron chi connectivity index (χ0n) is 11.7. The highest BCUT2D eigenvalue weighted by Crippen LogP contribution is 2.17. The summed E-state index contributed by atoms with van der Waals surface area (Å²) < 4.78 is 1.76. The van der Waals surface area contributed by atoms with Crippen molar-refractivity contribution >= 4 is 11.8 Å². The molecular formula is C14H18N6O. The fourth-order valence-electron chi connectivity index (χ4n) is 2.54. The Labute approximate surface area is 122 Å². The van der Waals surface area contributed by atoms with Crippen LogP contribution in [0.25, 0.3) is 5.82 Å². The van der Waals surface area contributed by atoms with Crippen LogP contribution in [0.15, 0.2) is 31.1 Å². The molecule has 2 heterocycles. The topological polar surface area (TPSA) is 84.7 Å². The molecule has 0 saturated heterocycles.